The fourth-order valence-electron chi connectivity index (χ4n) is 2.74. The van der Waals surface area contributed by atoms with Crippen molar-refractivity contribution < 1.29 is 4.92 Å². The van der Waals surface area contributed by atoms with E-state index >= 15 is 0 Å². The summed E-state index contributed by atoms with van der Waals surface area (Å²) in [6.45, 7) is 3.79. The van der Waals surface area contributed by atoms with Crippen LogP contribution in [0.4, 0.5) is 11.4 Å². The van der Waals surface area contributed by atoms with Gasteiger partial charge in [0.05, 0.1) is 22.5 Å². The lowest BCUT2D eigenvalue weighted by molar-refractivity contribution is -0.384. The van der Waals surface area contributed by atoms with Crippen LogP contribution in [-0.2, 0) is 6.54 Å². The van der Waals surface area contributed by atoms with Gasteiger partial charge in [0.15, 0.2) is 0 Å². The second kappa shape index (κ2) is 7.65. The molecular weight excluding hydrogens is 386 g/mol. The van der Waals surface area contributed by atoms with Crippen molar-refractivity contribution >= 4 is 23.0 Å². The van der Waals surface area contributed by atoms with E-state index < -0.39 is 10.5 Å². The lowest BCUT2D eigenvalue weighted by atomic mass is 10.1. The molecule has 0 unspecified atom stereocenters. The molecule has 2 aromatic heterocycles. The number of nitro benzene ring substituents is 1. The maximum atomic E-state index is 12.5. The van der Waals surface area contributed by atoms with Crippen LogP contribution >= 0.6 is 11.6 Å². The molecule has 2 N–H and O–H groups in total. The number of aromatic nitrogens is 3. The highest BCUT2D eigenvalue weighted by molar-refractivity contribution is 6.32. The van der Waals surface area contributed by atoms with Crippen LogP contribution in [0, 0.1) is 24.0 Å². The summed E-state index contributed by atoms with van der Waals surface area (Å²) in [5.41, 5.74) is 1.83. The van der Waals surface area contributed by atoms with Crippen molar-refractivity contribution in [3.8, 4) is 5.69 Å². The van der Waals surface area contributed by atoms with Gasteiger partial charge < -0.3 is 10.3 Å². The Kier molecular flexibility index (Phi) is 5.27. The highest BCUT2D eigenvalue weighted by atomic mass is 35.5. The van der Waals surface area contributed by atoms with E-state index in [0.29, 0.717) is 11.3 Å². The first-order valence-electron chi connectivity index (χ1n) is 8.24. The number of pyridine rings is 1. The molecule has 28 heavy (non-hydrogen) atoms. The maximum Gasteiger partial charge on any atom is 0.292 e. The van der Waals surface area contributed by atoms with Gasteiger partial charge in [-0.25, -0.2) is 0 Å². The number of aryl methyl sites for hydroxylation is 2. The zero-order valence-electron chi connectivity index (χ0n) is 15.0. The van der Waals surface area contributed by atoms with Gasteiger partial charge in [-0.3, -0.25) is 19.7 Å². The van der Waals surface area contributed by atoms with Crippen LogP contribution in [0.25, 0.3) is 5.69 Å². The molecule has 0 spiro atoms. The van der Waals surface area contributed by atoms with E-state index in [9.17, 15) is 19.7 Å². The number of halogens is 1. The van der Waals surface area contributed by atoms with E-state index in [1.54, 1.807) is 6.92 Å². The van der Waals surface area contributed by atoms with Gasteiger partial charge in [0, 0.05) is 29.9 Å². The highest BCUT2D eigenvalue weighted by Crippen LogP contribution is 2.19. The third kappa shape index (κ3) is 3.79. The third-order valence-electron chi connectivity index (χ3n) is 4.17. The Labute approximate surface area is 163 Å². The fraction of sp³-hybridized carbons (Fsp3) is 0.167. The predicted octanol–water partition coefficient (Wildman–Crippen LogP) is 2.71. The molecule has 1 aromatic carbocycles. The van der Waals surface area contributed by atoms with Crippen molar-refractivity contribution in [2.75, 3.05) is 5.32 Å². The smallest absolute Gasteiger partial charge is 0.292 e. The molecular formula is C18H16ClN5O4. The molecule has 0 aliphatic heterocycles. The van der Waals surface area contributed by atoms with E-state index in [4.69, 9.17) is 11.6 Å². The van der Waals surface area contributed by atoms with Gasteiger partial charge in [-0.2, -0.15) is 9.78 Å². The second-order valence-corrected chi connectivity index (χ2v) is 6.54. The van der Waals surface area contributed by atoms with Crippen LogP contribution in [0.5, 0.6) is 0 Å². The van der Waals surface area contributed by atoms with Crippen LogP contribution in [0.3, 0.4) is 0 Å². The van der Waals surface area contributed by atoms with Gasteiger partial charge in [0.1, 0.15) is 5.02 Å². The summed E-state index contributed by atoms with van der Waals surface area (Å²) in [5, 5.41) is 17.6. The van der Waals surface area contributed by atoms with Gasteiger partial charge in [0.2, 0.25) is 0 Å². The van der Waals surface area contributed by atoms with Crippen LogP contribution < -0.4 is 16.4 Å². The third-order valence-corrected chi connectivity index (χ3v) is 4.54. The number of aromatic amines is 1. The van der Waals surface area contributed by atoms with E-state index in [0.717, 1.165) is 15.9 Å². The van der Waals surface area contributed by atoms with Gasteiger partial charge in [-0.05, 0) is 37.6 Å². The molecule has 0 aliphatic carbocycles. The van der Waals surface area contributed by atoms with Crippen molar-refractivity contribution in [2.45, 2.75) is 20.4 Å². The SMILES string of the molecule is Cc1cc(C)c(CNc2cnn(-c3ccc([N+](=O)[O-])cc3)c(=O)c2Cl)c(=O)[nH]1. The minimum Gasteiger partial charge on any atom is -0.378 e. The summed E-state index contributed by atoms with van der Waals surface area (Å²) in [6.07, 6.45) is 1.36. The first-order chi connectivity index (χ1) is 13.3. The lowest BCUT2D eigenvalue weighted by Crippen LogP contribution is -2.23. The Hall–Kier alpha value is -3.46. The zero-order chi connectivity index (χ0) is 20.4. The lowest BCUT2D eigenvalue weighted by Gasteiger charge is -2.11. The minimum atomic E-state index is -0.588. The number of non-ortho nitro benzene ring substituents is 1. The molecule has 0 bridgehead atoms. The number of hydrogen-bond acceptors (Lipinski definition) is 6. The topological polar surface area (TPSA) is 123 Å². The summed E-state index contributed by atoms with van der Waals surface area (Å²) in [7, 11) is 0. The number of H-pyrrole nitrogens is 1. The van der Waals surface area contributed by atoms with Gasteiger partial charge in [0.25, 0.3) is 16.8 Å². The van der Waals surface area contributed by atoms with E-state index in [-0.39, 0.29) is 28.5 Å². The van der Waals surface area contributed by atoms with Crippen molar-refractivity contribution in [1.29, 1.82) is 0 Å². The molecule has 3 aromatic rings. The van der Waals surface area contributed by atoms with Gasteiger partial charge >= 0.3 is 0 Å². The Balaban J connectivity index is 1.87. The molecule has 144 valence electrons. The average molecular weight is 402 g/mol. The Morgan fingerprint density at radius 2 is 1.93 bits per heavy atom. The van der Waals surface area contributed by atoms with Crippen LogP contribution in [0.2, 0.25) is 5.02 Å². The summed E-state index contributed by atoms with van der Waals surface area (Å²) in [6, 6.07) is 7.22. The molecule has 0 atom stereocenters. The van der Waals surface area contributed by atoms with Crippen LogP contribution in [0.15, 0.2) is 46.1 Å². The largest absolute Gasteiger partial charge is 0.378 e. The van der Waals surface area contributed by atoms with Crippen molar-refractivity contribution in [3.05, 3.63) is 89.2 Å². The monoisotopic (exact) mass is 401 g/mol. The summed E-state index contributed by atoms with van der Waals surface area (Å²) in [5.74, 6) is 0. The molecule has 0 saturated carbocycles. The van der Waals surface area contributed by atoms with Crippen LogP contribution in [-0.4, -0.2) is 19.7 Å². The highest BCUT2D eigenvalue weighted by Gasteiger charge is 2.13. The first kappa shape index (κ1) is 19.3. The predicted molar refractivity (Wildman–Crippen MR) is 105 cm³/mol. The van der Waals surface area contributed by atoms with Gasteiger partial charge in [-0.15, -0.1) is 0 Å². The molecule has 0 amide bonds. The van der Waals surface area contributed by atoms with Gasteiger partial charge in [-0.1, -0.05) is 11.6 Å². The van der Waals surface area contributed by atoms with E-state index in [1.807, 2.05) is 13.0 Å². The number of rotatable bonds is 5. The summed E-state index contributed by atoms with van der Waals surface area (Å²) in [4.78, 5) is 37.5. The molecule has 10 heteroatoms. The summed E-state index contributed by atoms with van der Waals surface area (Å²) >= 11 is 6.17. The van der Waals surface area contributed by atoms with Crippen molar-refractivity contribution in [3.63, 3.8) is 0 Å². The minimum absolute atomic E-state index is 0.0973. The Morgan fingerprint density at radius 1 is 1.25 bits per heavy atom. The number of anilines is 1. The number of nitro groups is 1. The zero-order valence-corrected chi connectivity index (χ0v) is 15.8. The van der Waals surface area contributed by atoms with Crippen molar-refractivity contribution in [2.24, 2.45) is 0 Å². The standard InChI is InChI=1S/C18H16ClN5O4/c1-10-7-11(2)22-17(25)14(10)8-20-15-9-21-23(18(26)16(15)19)12-3-5-13(6-4-12)24(27)28/h3-7,9,20H,8H2,1-2H3,(H,22,25). The number of nitrogens with one attached hydrogen (secondary N) is 2. The molecule has 0 saturated heterocycles. The Bertz CT molecular complexity index is 1170. The normalized spacial score (nSPS) is 10.7. The van der Waals surface area contributed by atoms with E-state index in [1.165, 1.54) is 30.5 Å². The Morgan fingerprint density at radius 3 is 2.54 bits per heavy atom. The fourth-order valence-corrected chi connectivity index (χ4v) is 2.94. The summed E-state index contributed by atoms with van der Waals surface area (Å²) < 4.78 is 1.04. The molecule has 0 radical (unpaired) electrons. The second-order valence-electron chi connectivity index (χ2n) is 6.16. The molecule has 0 aliphatic rings. The first-order valence-corrected chi connectivity index (χ1v) is 8.61. The molecule has 2 heterocycles. The molecule has 3 rings (SSSR count). The van der Waals surface area contributed by atoms with E-state index in [2.05, 4.69) is 15.4 Å². The molecule has 9 nitrogen and oxygen atoms in total. The van der Waals surface area contributed by atoms with Crippen LogP contribution in [0.1, 0.15) is 16.8 Å². The quantitative estimate of drug-likeness (QED) is 0.500. The maximum absolute atomic E-state index is 12.5. The number of benzene rings is 1. The average Bonchev–Trinajstić information content (AvgIpc) is 2.64. The van der Waals surface area contributed by atoms with Crippen molar-refractivity contribution in [1.82, 2.24) is 14.8 Å². The molecule has 0 fully saturated rings. The number of nitrogens with zero attached hydrogens (tertiary/aromatic N) is 3. The number of hydrogen-bond donors (Lipinski definition) is 2.